The van der Waals surface area contributed by atoms with Gasteiger partial charge in [-0.2, -0.15) is 0 Å². The van der Waals surface area contributed by atoms with Crippen molar-refractivity contribution in [3.63, 3.8) is 0 Å². The van der Waals surface area contributed by atoms with Gasteiger partial charge in [-0.15, -0.1) is 0 Å². The number of Topliss-reactive ketones (excluding diaryl/α,β-unsaturated/α-hetero) is 2. The summed E-state index contributed by atoms with van der Waals surface area (Å²) in [4.78, 5) is 42.1. The van der Waals surface area contributed by atoms with Crippen molar-refractivity contribution in [3.8, 4) is 0 Å². The minimum Gasteiger partial charge on any atom is -0.460 e. The third-order valence-corrected chi connectivity index (χ3v) is 10.1. The molecule has 0 aromatic heterocycles. The van der Waals surface area contributed by atoms with E-state index < -0.39 is 35.1 Å². The molecule has 2 aliphatic carbocycles. The Hall–Kier alpha value is -1.65. The van der Waals surface area contributed by atoms with Crippen LogP contribution < -0.4 is 11.1 Å². The van der Waals surface area contributed by atoms with Crippen molar-refractivity contribution < 1.29 is 34.1 Å². The highest BCUT2D eigenvalue weighted by molar-refractivity contribution is 6.23. The molecule has 0 bridgehead atoms. The van der Waals surface area contributed by atoms with Crippen LogP contribution >= 0.6 is 0 Å². The van der Waals surface area contributed by atoms with Crippen LogP contribution in [0.2, 0.25) is 0 Å². The van der Waals surface area contributed by atoms with Gasteiger partial charge in [-0.25, -0.2) is 4.79 Å². The third-order valence-electron chi connectivity index (χ3n) is 10.1. The number of nitrogens with one attached hydrogen (secondary N) is 1. The fourth-order valence-electron chi connectivity index (χ4n) is 7.56. The number of carbonyl (C=O) groups is 3. The molecule has 41 heavy (non-hydrogen) atoms. The fraction of sp³-hybridized carbons (Fsp3) is 0.844. The number of ether oxygens (including phenoxy) is 2. The fourth-order valence-corrected chi connectivity index (χ4v) is 7.56. The number of rotatable bonds is 15. The Morgan fingerprint density at radius 1 is 1.10 bits per heavy atom. The van der Waals surface area contributed by atoms with Crippen LogP contribution in [-0.2, 0) is 23.9 Å². The van der Waals surface area contributed by atoms with Crippen LogP contribution in [0.25, 0.3) is 0 Å². The zero-order chi connectivity index (χ0) is 29.6. The second-order valence-corrected chi connectivity index (χ2v) is 12.9. The van der Waals surface area contributed by atoms with Crippen molar-refractivity contribution in [2.24, 2.45) is 23.5 Å². The minimum atomic E-state index is -1.94. The number of aliphatic hydroxyl groups is 2. The van der Waals surface area contributed by atoms with Crippen molar-refractivity contribution in [1.29, 1.82) is 0 Å². The normalized spacial score (nSPS) is 34.4. The maximum atomic E-state index is 14.1. The highest BCUT2D eigenvalue weighted by Crippen LogP contribution is 2.62. The number of hydrogen-bond acceptors (Lipinski definition) is 9. The molecule has 2 aliphatic heterocycles. The molecule has 0 aromatic rings. The van der Waals surface area contributed by atoms with E-state index >= 15 is 0 Å². The summed E-state index contributed by atoms with van der Waals surface area (Å²) in [5.74, 6) is -1.76. The Morgan fingerprint density at radius 2 is 1.80 bits per heavy atom. The van der Waals surface area contributed by atoms with Gasteiger partial charge in [0.2, 0.25) is 0 Å². The SMILES string of the molecule is CCCCC[C@H](CCCO)OC(=O)[C@]12O[C@@]1(CC(CO)=C(C)CCC1CCNC(N)C1)C(=O)C1CCCCC1C2=O. The molecule has 2 saturated heterocycles. The summed E-state index contributed by atoms with van der Waals surface area (Å²) in [5.41, 5.74) is 4.16. The molecule has 2 heterocycles. The van der Waals surface area contributed by atoms with Gasteiger partial charge < -0.3 is 30.7 Å². The molecule has 0 amide bonds. The zero-order valence-electron chi connectivity index (χ0n) is 25.1. The van der Waals surface area contributed by atoms with E-state index in [0.29, 0.717) is 43.6 Å². The van der Waals surface area contributed by atoms with Crippen LogP contribution in [0.15, 0.2) is 11.1 Å². The summed E-state index contributed by atoms with van der Waals surface area (Å²) in [6, 6.07) is 0. The number of fused-ring (bicyclic) bond motifs is 2. The Balaban J connectivity index is 1.58. The summed E-state index contributed by atoms with van der Waals surface area (Å²) in [6.07, 6.45) is 10.6. The first kappa shape index (κ1) is 32.3. The molecule has 4 fully saturated rings. The van der Waals surface area contributed by atoms with Gasteiger partial charge in [-0.3, -0.25) is 9.59 Å². The van der Waals surface area contributed by atoms with Gasteiger partial charge in [0.1, 0.15) is 6.10 Å². The van der Waals surface area contributed by atoms with Crippen LogP contribution in [0, 0.1) is 17.8 Å². The molecule has 0 aromatic carbocycles. The van der Waals surface area contributed by atoms with Gasteiger partial charge in [0.15, 0.2) is 17.2 Å². The van der Waals surface area contributed by atoms with Crippen LogP contribution in [-0.4, -0.2) is 71.0 Å². The molecule has 9 heteroatoms. The molecule has 2 saturated carbocycles. The number of hydrogen-bond donors (Lipinski definition) is 4. The molecule has 4 aliphatic rings. The Morgan fingerprint density at radius 3 is 2.46 bits per heavy atom. The average molecular weight is 577 g/mol. The van der Waals surface area contributed by atoms with Crippen molar-refractivity contribution in [2.75, 3.05) is 19.8 Å². The number of esters is 1. The quantitative estimate of drug-likeness (QED) is 0.0755. The van der Waals surface area contributed by atoms with Crippen LogP contribution in [0.3, 0.4) is 0 Å². The lowest BCUT2D eigenvalue weighted by Crippen LogP contribution is -2.58. The van der Waals surface area contributed by atoms with Gasteiger partial charge in [-0.1, -0.05) is 38.2 Å². The number of nitrogens with two attached hydrogens (primary N) is 1. The van der Waals surface area contributed by atoms with Crippen molar-refractivity contribution in [3.05, 3.63) is 11.1 Å². The van der Waals surface area contributed by atoms with E-state index in [2.05, 4.69) is 12.2 Å². The molecule has 0 spiro atoms. The lowest BCUT2D eigenvalue weighted by atomic mass is 9.60. The number of aliphatic hydroxyl groups excluding tert-OH is 2. The predicted octanol–water partition coefficient (Wildman–Crippen LogP) is 3.48. The summed E-state index contributed by atoms with van der Waals surface area (Å²) in [5, 5.41) is 23.1. The first-order valence-corrected chi connectivity index (χ1v) is 16.1. The first-order valence-electron chi connectivity index (χ1n) is 16.1. The Bertz CT molecular complexity index is 983. The molecule has 4 unspecified atom stereocenters. The van der Waals surface area contributed by atoms with Crippen LogP contribution in [0.5, 0.6) is 0 Å². The van der Waals surface area contributed by atoms with E-state index in [4.69, 9.17) is 15.2 Å². The van der Waals surface area contributed by atoms with Crippen LogP contribution in [0.1, 0.15) is 110 Å². The molecular weight excluding hydrogens is 524 g/mol. The average Bonchev–Trinajstić information content (AvgIpc) is 3.68. The molecule has 9 nitrogen and oxygen atoms in total. The summed E-state index contributed by atoms with van der Waals surface area (Å²) in [6.45, 7) is 4.67. The molecular formula is C32H52N2O7. The standard InChI is InChI=1S/C32H52N2O7/c1-3-4-5-9-24(10-8-17-35)40-30(39)32-29(38)26-12-7-6-11-25(26)28(37)31(32,41-32)19-23(20-36)21(2)13-14-22-15-16-34-27(33)18-22/h22,24-27,34-36H,3-20,33H2,1-2H3/t22?,24-,25?,26?,27?,31+,32+/m1/s1. The van der Waals surface area contributed by atoms with E-state index in [9.17, 15) is 24.6 Å². The maximum absolute atomic E-state index is 14.1. The smallest absolute Gasteiger partial charge is 0.350 e. The van der Waals surface area contributed by atoms with Gasteiger partial charge in [0, 0.05) is 24.9 Å². The predicted molar refractivity (Wildman–Crippen MR) is 155 cm³/mol. The lowest BCUT2D eigenvalue weighted by molar-refractivity contribution is -0.163. The topological polar surface area (TPSA) is 151 Å². The lowest BCUT2D eigenvalue weighted by Gasteiger charge is -2.37. The Labute approximate surface area is 245 Å². The highest BCUT2D eigenvalue weighted by atomic mass is 16.7. The molecule has 4 rings (SSSR count). The van der Waals surface area contributed by atoms with E-state index in [0.717, 1.165) is 69.9 Å². The highest BCUT2D eigenvalue weighted by Gasteiger charge is 2.87. The molecule has 7 atom stereocenters. The molecule has 5 N–H and O–H groups in total. The van der Waals surface area contributed by atoms with Gasteiger partial charge in [0.25, 0.3) is 5.60 Å². The second kappa shape index (κ2) is 14.2. The number of allylic oxidation sites excluding steroid dienone is 1. The van der Waals surface area contributed by atoms with Crippen LogP contribution in [0.4, 0.5) is 0 Å². The van der Waals surface area contributed by atoms with Crippen molar-refractivity contribution >= 4 is 17.5 Å². The van der Waals surface area contributed by atoms with Gasteiger partial charge >= 0.3 is 5.97 Å². The molecule has 232 valence electrons. The van der Waals surface area contributed by atoms with Crippen molar-refractivity contribution in [1.82, 2.24) is 5.32 Å². The summed E-state index contributed by atoms with van der Waals surface area (Å²) < 4.78 is 12.1. The summed E-state index contributed by atoms with van der Waals surface area (Å²) in [7, 11) is 0. The monoisotopic (exact) mass is 576 g/mol. The van der Waals surface area contributed by atoms with Gasteiger partial charge in [0.05, 0.1) is 12.8 Å². The van der Waals surface area contributed by atoms with Gasteiger partial charge in [-0.05, 0) is 89.2 Å². The largest absolute Gasteiger partial charge is 0.460 e. The number of epoxide rings is 1. The van der Waals surface area contributed by atoms with E-state index in [1.807, 2.05) is 6.92 Å². The van der Waals surface area contributed by atoms with E-state index in [1.54, 1.807) is 0 Å². The first-order chi connectivity index (χ1) is 19.7. The number of carbonyl (C=O) groups excluding carboxylic acids is 3. The second-order valence-electron chi connectivity index (χ2n) is 12.9. The minimum absolute atomic E-state index is 0.00165. The number of unbranched alkanes of at least 4 members (excludes halogenated alkanes) is 2. The number of piperidine rings is 1. The number of ketones is 2. The summed E-state index contributed by atoms with van der Waals surface area (Å²) >= 11 is 0. The maximum Gasteiger partial charge on any atom is 0.350 e. The van der Waals surface area contributed by atoms with E-state index in [-0.39, 0.29) is 37.4 Å². The Kier molecular flexibility index (Phi) is 11.2. The van der Waals surface area contributed by atoms with Crippen molar-refractivity contribution in [2.45, 2.75) is 134 Å². The molecule has 0 radical (unpaired) electrons. The van der Waals surface area contributed by atoms with E-state index in [1.165, 1.54) is 0 Å². The zero-order valence-corrected chi connectivity index (χ0v) is 25.1. The third kappa shape index (κ3) is 6.64.